The molecule has 1 radical (unpaired) electrons. The fraction of sp³-hybridized carbons (Fsp3) is 0.778. The molecule has 0 aliphatic rings. The molecule has 0 bridgehead atoms. The van der Waals surface area contributed by atoms with Crippen LogP contribution in [0.15, 0.2) is 0 Å². The molecular formula is C9H16NOV-. The Kier molecular flexibility index (Phi) is 13.4. The van der Waals surface area contributed by atoms with Gasteiger partial charge in [0.2, 0.25) is 0 Å². The largest absolute Gasteiger partial charge is 0.663 e. The van der Waals surface area contributed by atoms with Crippen LogP contribution in [0, 0.1) is 17.8 Å². The van der Waals surface area contributed by atoms with Gasteiger partial charge in [-0.25, -0.2) is 0 Å². The van der Waals surface area contributed by atoms with Gasteiger partial charge in [-0.1, -0.05) is 25.7 Å². The normalized spacial score (nSPS) is 8.67. The number of hydrogen-bond acceptors (Lipinski definition) is 1. The molecule has 0 unspecified atom stereocenters. The van der Waals surface area contributed by atoms with E-state index in [1.165, 1.54) is 0 Å². The average Bonchev–Trinajstić information content (AvgIpc) is 1.96. The van der Waals surface area contributed by atoms with Gasteiger partial charge in [0, 0.05) is 31.1 Å². The van der Waals surface area contributed by atoms with Crippen LogP contribution >= 0.6 is 0 Å². The molecular weight excluding hydrogens is 189 g/mol. The summed E-state index contributed by atoms with van der Waals surface area (Å²) in [5.41, 5.74) is 0. The summed E-state index contributed by atoms with van der Waals surface area (Å²) in [5.74, 6) is 6.39. The van der Waals surface area contributed by atoms with Crippen LogP contribution in [0.5, 0.6) is 0 Å². The van der Waals surface area contributed by atoms with Crippen LogP contribution in [-0.4, -0.2) is 26.8 Å². The van der Waals surface area contributed by atoms with Crippen molar-refractivity contribution in [1.29, 1.82) is 0 Å². The van der Waals surface area contributed by atoms with Crippen molar-refractivity contribution < 1.29 is 23.3 Å². The first kappa shape index (κ1) is 14.6. The Morgan fingerprint density at radius 1 is 1.42 bits per heavy atom. The van der Waals surface area contributed by atoms with Crippen molar-refractivity contribution in [2.24, 2.45) is 5.92 Å². The summed E-state index contributed by atoms with van der Waals surface area (Å²) in [6.07, 6.45) is 0. The van der Waals surface area contributed by atoms with Gasteiger partial charge in [-0.05, 0) is 0 Å². The van der Waals surface area contributed by atoms with E-state index >= 15 is 0 Å². The predicted octanol–water partition coefficient (Wildman–Crippen LogP) is 1.66. The van der Waals surface area contributed by atoms with Gasteiger partial charge in [0.25, 0.3) is 0 Å². The van der Waals surface area contributed by atoms with Crippen molar-refractivity contribution in [2.45, 2.75) is 13.8 Å². The molecule has 0 aliphatic carbocycles. The number of likely N-dealkylation sites (N-methyl/N-ethyl adjacent to an activating group) is 1. The average molecular weight is 205 g/mol. The first-order valence-electron chi connectivity index (χ1n) is 3.89. The van der Waals surface area contributed by atoms with E-state index in [9.17, 15) is 0 Å². The van der Waals surface area contributed by atoms with Crippen molar-refractivity contribution in [3.63, 3.8) is 0 Å². The van der Waals surface area contributed by atoms with E-state index in [0.29, 0.717) is 19.1 Å². The molecule has 0 saturated heterocycles. The van der Waals surface area contributed by atoms with E-state index in [1.807, 2.05) is 0 Å². The minimum absolute atomic E-state index is 0. The second-order valence-electron chi connectivity index (χ2n) is 2.57. The first-order chi connectivity index (χ1) is 5.27. The summed E-state index contributed by atoms with van der Waals surface area (Å²) in [4.78, 5) is 0. The van der Waals surface area contributed by atoms with Gasteiger partial charge in [0.15, 0.2) is 0 Å². The van der Waals surface area contributed by atoms with E-state index in [4.69, 9.17) is 4.74 Å². The third-order valence-electron chi connectivity index (χ3n) is 1.02. The van der Waals surface area contributed by atoms with Gasteiger partial charge in [0.1, 0.15) is 6.61 Å². The minimum Gasteiger partial charge on any atom is -0.663 e. The number of nitrogens with zero attached hydrogens (tertiary/aromatic N) is 1. The summed E-state index contributed by atoms with van der Waals surface area (Å²) in [7, 11) is 1.78. The molecule has 0 aromatic heterocycles. The van der Waals surface area contributed by atoms with Gasteiger partial charge in [-0.15, -0.1) is 6.54 Å². The van der Waals surface area contributed by atoms with Crippen LogP contribution in [0.3, 0.4) is 0 Å². The predicted molar refractivity (Wildman–Crippen MR) is 47.6 cm³/mol. The molecule has 0 heterocycles. The Balaban J connectivity index is 0. The van der Waals surface area contributed by atoms with E-state index in [0.717, 1.165) is 6.54 Å². The Morgan fingerprint density at radius 2 is 2.08 bits per heavy atom. The third-order valence-corrected chi connectivity index (χ3v) is 1.02. The van der Waals surface area contributed by atoms with Gasteiger partial charge in [0.05, 0.1) is 0 Å². The van der Waals surface area contributed by atoms with Crippen molar-refractivity contribution in [1.82, 2.24) is 0 Å². The standard InChI is InChI=1S/C9H16NO.V/c1-9(2)5-4-7-11-8-6-10-3;/h9H,6-8H2,1-3H3;/q-1;. The second kappa shape index (κ2) is 11.1. The van der Waals surface area contributed by atoms with Crippen LogP contribution in [0.25, 0.3) is 5.32 Å². The monoisotopic (exact) mass is 205 g/mol. The fourth-order valence-electron chi connectivity index (χ4n) is 0.525. The zero-order valence-electron chi connectivity index (χ0n) is 8.00. The summed E-state index contributed by atoms with van der Waals surface area (Å²) < 4.78 is 5.16. The van der Waals surface area contributed by atoms with Crippen LogP contribution in [0.4, 0.5) is 0 Å². The third kappa shape index (κ3) is 12.7. The molecule has 0 aromatic rings. The molecule has 0 N–H and O–H groups in total. The molecule has 0 rings (SSSR count). The molecule has 0 fully saturated rings. The SMILES string of the molecule is C[N-]CCOCC#CC(C)C.[V]. The molecule has 69 valence electrons. The first-order valence-corrected chi connectivity index (χ1v) is 3.89. The van der Waals surface area contributed by atoms with Crippen molar-refractivity contribution in [3.8, 4) is 11.8 Å². The topological polar surface area (TPSA) is 23.3 Å². The van der Waals surface area contributed by atoms with Gasteiger partial charge >= 0.3 is 0 Å². The van der Waals surface area contributed by atoms with Gasteiger partial charge < -0.3 is 10.1 Å². The van der Waals surface area contributed by atoms with Crippen LogP contribution in [0.2, 0.25) is 0 Å². The zero-order valence-corrected chi connectivity index (χ0v) is 9.40. The van der Waals surface area contributed by atoms with Gasteiger partial charge in [-0.2, -0.15) is 7.05 Å². The quantitative estimate of drug-likeness (QED) is 0.505. The minimum atomic E-state index is 0. The molecule has 0 spiro atoms. The van der Waals surface area contributed by atoms with Crippen molar-refractivity contribution in [3.05, 3.63) is 5.32 Å². The Hall–Kier alpha value is 0.0644. The Morgan fingerprint density at radius 3 is 2.58 bits per heavy atom. The molecule has 0 aromatic carbocycles. The maximum atomic E-state index is 5.16. The summed E-state index contributed by atoms with van der Waals surface area (Å²) in [6.45, 7) is 6.11. The Bertz CT molecular complexity index is 137. The summed E-state index contributed by atoms with van der Waals surface area (Å²) in [6, 6.07) is 0. The number of rotatable bonds is 4. The van der Waals surface area contributed by atoms with E-state index in [-0.39, 0.29) is 18.6 Å². The molecule has 0 atom stereocenters. The molecule has 3 heteroatoms. The van der Waals surface area contributed by atoms with E-state index in [2.05, 4.69) is 31.0 Å². The Labute approximate surface area is 87.3 Å². The summed E-state index contributed by atoms with van der Waals surface area (Å²) >= 11 is 0. The number of ether oxygens (including phenoxy) is 1. The molecule has 0 amide bonds. The second-order valence-corrected chi connectivity index (χ2v) is 2.57. The maximum absolute atomic E-state index is 5.16. The molecule has 2 nitrogen and oxygen atoms in total. The summed E-state index contributed by atoms with van der Waals surface area (Å²) in [5, 5.41) is 3.90. The smallest absolute Gasteiger partial charge is 0.107 e. The van der Waals surface area contributed by atoms with Crippen LogP contribution in [-0.2, 0) is 23.3 Å². The fourth-order valence-corrected chi connectivity index (χ4v) is 0.525. The molecule has 0 saturated carbocycles. The van der Waals surface area contributed by atoms with Crippen LogP contribution in [0.1, 0.15) is 13.8 Å². The number of hydrogen-bond donors (Lipinski definition) is 0. The maximum Gasteiger partial charge on any atom is 0.107 e. The molecule has 12 heavy (non-hydrogen) atoms. The van der Waals surface area contributed by atoms with E-state index in [1.54, 1.807) is 7.05 Å². The van der Waals surface area contributed by atoms with E-state index < -0.39 is 0 Å². The van der Waals surface area contributed by atoms with Gasteiger partial charge in [-0.3, -0.25) is 0 Å². The van der Waals surface area contributed by atoms with Crippen LogP contribution < -0.4 is 0 Å². The van der Waals surface area contributed by atoms with Crippen molar-refractivity contribution in [2.75, 3.05) is 26.8 Å². The zero-order chi connectivity index (χ0) is 8.53. The molecule has 0 aliphatic heterocycles. The van der Waals surface area contributed by atoms with Crippen molar-refractivity contribution >= 4 is 0 Å².